The molecule has 5 nitrogen and oxygen atoms in total. The first-order chi connectivity index (χ1) is 13.1. The molecular formula is C22H29NO4. The van der Waals surface area contributed by atoms with Gasteiger partial charge in [-0.1, -0.05) is 18.2 Å². The van der Waals surface area contributed by atoms with Gasteiger partial charge in [0.1, 0.15) is 5.75 Å². The smallest absolute Gasteiger partial charge is 0.220 e. The second-order valence-corrected chi connectivity index (χ2v) is 6.21. The van der Waals surface area contributed by atoms with E-state index in [-0.39, 0.29) is 11.9 Å². The number of hydrogen-bond acceptors (Lipinski definition) is 4. The number of benzene rings is 2. The molecule has 0 aromatic heterocycles. The maximum Gasteiger partial charge on any atom is 0.220 e. The van der Waals surface area contributed by atoms with E-state index in [0.717, 1.165) is 22.6 Å². The molecular weight excluding hydrogens is 342 g/mol. The van der Waals surface area contributed by atoms with Crippen LogP contribution >= 0.6 is 0 Å². The van der Waals surface area contributed by atoms with Crippen LogP contribution in [0.1, 0.15) is 44.4 Å². The Hall–Kier alpha value is -2.69. The summed E-state index contributed by atoms with van der Waals surface area (Å²) in [4.78, 5) is 12.3. The van der Waals surface area contributed by atoms with Gasteiger partial charge in [-0.3, -0.25) is 4.79 Å². The molecule has 0 bridgehead atoms. The number of rotatable bonds is 10. The molecule has 2 rings (SSSR count). The molecule has 1 unspecified atom stereocenters. The summed E-state index contributed by atoms with van der Waals surface area (Å²) in [5.41, 5.74) is 2.10. The van der Waals surface area contributed by atoms with Gasteiger partial charge in [0.05, 0.1) is 26.4 Å². The number of hydrogen-bond donors (Lipinski definition) is 1. The largest absolute Gasteiger partial charge is 0.497 e. The second kappa shape index (κ2) is 10.5. The molecule has 0 spiro atoms. The third-order valence-electron chi connectivity index (χ3n) is 4.24. The number of methoxy groups -OCH3 is 1. The van der Waals surface area contributed by atoms with Crippen LogP contribution in [0.2, 0.25) is 0 Å². The number of amides is 1. The van der Waals surface area contributed by atoms with E-state index in [2.05, 4.69) is 5.32 Å². The van der Waals surface area contributed by atoms with Gasteiger partial charge in [0, 0.05) is 6.42 Å². The Kier molecular flexibility index (Phi) is 7.99. The van der Waals surface area contributed by atoms with Crippen LogP contribution in [-0.2, 0) is 11.2 Å². The van der Waals surface area contributed by atoms with Gasteiger partial charge in [-0.25, -0.2) is 0 Å². The van der Waals surface area contributed by atoms with Crippen LogP contribution in [0.4, 0.5) is 0 Å². The van der Waals surface area contributed by atoms with Gasteiger partial charge in [0.15, 0.2) is 11.5 Å². The third kappa shape index (κ3) is 6.20. The Morgan fingerprint density at radius 2 is 1.67 bits per heavy atom. The fourth-order valence-electron chi connectivity index (χ4n) is 2.78. The highest BCUT2D eigenvalue weighted by atomic mass is 16.5. The number of carbonyl (C=O) groups is 1. The summed E-state index contributed by atoms with van der Waals surface area (Å²) in [6, 6.07) is 13.5. The van der Waals surface area contributed by atoms with Gasteiger partial charge in [0.25, 0.3) is 0 Å². The molecule has 0 heterocycles. The SMILES string of the molecule is CCOc1ccc(C(C)NC(=O)CCc2ccc(OC)cc2)cc1OCC. The van der Waals surface area contributed by atoms with E-state index in [1.807, 2.05) is 63.2 Å². The van der Waals surface area contributed by atoms with E-state index in [1.165, 1.54) is 0 Å². The molecule has 1 atom stereocenters. The first-order valence-electron chi connectivity index (χ1n) is 9.39. The number of aryl methyl sites for hydroxylation is 1. The van der Waals surface area contributed by atoms with Crippen molar-refractivity contribution in [1.29, 1.82) is 0 Å². The Morgan fingerprint density at radius 3 is 2.30 bits per heavy atom. The highest BCUT2D eigenvalue weighted by Gasteiger charge is 2.13. The summed E-state index contributed by atoms with van der Waals surface area (Å²) in [7, 11) is 1.64. The quantitative estimate of drug-likeness (QED) is 0.676. The highest BCUT2D eigenvalue weighted by molar-refractivity contribution is 5.76. The lowest BCUT2D eigenvalue weighted by atomic mass is 10.1. The summed E-state index contributed by atoms with van der Waals surface area (Å²) in [6.45, 7) is 6.99. The van der Waals surface area contributed by atoms with Gasteiger partial charge in [-0.2, -0.15) is 0 Å². The van der Waals surface area contributed by atoms with Crippen LogP contribution in [0, 0.1) is 0 Å². The molecule has 2 aromatic rings. The van der Waals surface area contributed by atoms with Crippen molar-refractivity contribution in [3.8, 4) is 17.2 Å². The number of nitrogens with one attached hydrogen (secondary N) is 1. The zero-order valence-electron chi connectivity index (χ0n) is 16.6. The van der Waals surface area contributed by atoms with Gasteiger partial charge in [-0.15, -0.1) is 0 Å². The van der Waals surface area contributed by atoms with Crippen LogP contribution in [0.5, 0.6) is 17.2 Å². The molecule has 27 heavy (non-hydrogen) atoms. The molecule has 5 heteroatoms. The molecule has 2 aromatic carbocycles. The summed E-state index contributed by atoms with van der Waals surface area (Å²) in [5.74, 6) is 2.26. The van der Waals surface area contributed by atoms with E-state index in [0.29, 0.717) is 31.8 Å². The Balaban J connectivity index is 1.93. The van der Waals surface area contributed by atoms with E-state index in [4.69, 9.17) is 14.2 Å². The van der Waals surface area contributed by atoms with Crippen molar-refractivity contribution in [1.82, 2.24) is 5.32 Å². The highest BCUT2D eigenvalue weighted by Crippen LogP contribution is 2.30. The minimum Gasteiger partial charge on any atom is -0.497 e. The van der Waals surface area contributed by atoms with Crippen LogP contribution in [0.15, 0.2) is 42.5 Å². The Morgan fingerprint density at radius 1 is 1.00 bits per heavy atom. The monoisotopic (exact) mass is 371 g/mol. The minimum absolute atomic E-state index is 0.0187. The standard InChI is InChI=1S/C22H29NO4/c1-5-26-20-13-10-18(15-21(20)27-6-2)16(3)23-22(24)14-9-17-7-11-19(25-4)12-8-17/h7-8,10-13,15-16H,5-6,9,14H2,1-4H3,(H,23,24). The first-order valence-corrected chi connectivity index (χ1v) is 9.39. The summed E-state index contributed by atoms with van der Waals surface area (Å²) in [5, 5.41) is 3.05. The van der Waals surface area contributed by atoms with Gasteiger partial charge < -0.3 is 19.5 Å². The van der Waals surface area contributed by atoms with Gasteiger partial charge in [0.2, 0.25) is 5.91 Å². The fraction of sp³-hybridized carbons (Fsp3) is 0.409. The molecule has 1 N–H and O–H groups in total. The van der Waals surface area contributed by atoms with Crippen LogP contribution in [0.25, 0.3) is 0 Å². The third-order valence-corrected chi connectivity index (χ3v) is 4.24. The van der Waals surface area contributed by atoms with Crippen LogP contribution < -0.4 is 19.5 Å². The van der Waals surface area contributed by atoms with Crippen LogP contribution in [-0.4, -0.2) is 26.2 Å². The van der Waals surface area contributed by atoms with Crippen molar-refractivity contribution in [2.24, 2.45) is 0 Å². The molecule has 0 aliphatic heterocycles. The van der Waals surface area contributed by atoms with Crippen molar-refractivity contribution in [2.75, 3.05) is 20.3 Å². The second-order valence-electron chi connectivity index (χ2n) is 6.21. The molecule has 0 saturated heterocycles. The molecule has 0 fully saturated rings. The summed E-state index contributed by atoms with van der Waals surface area (Å²) in [6.07, 6.45) is 1.13. The van der Waals surface area contributed by atoms with Gasteiger partial charge >= 0.3 is 0 Å². The van der Waals surface area contributed by atoms with E-state index in [1.54, 1.807) is 7.11 Å². The number of carbonyl (C=O) groups excluding carboxylic acids is 1. The zero-order valence-corrected chi connectivity index (χ0v) is 16.6. The van der Waals surface area contributed by atoms with Crippen LogP contribution in [0.3, 0.4) is 0 Å². The minimum atomic E-state index is -0.108. The van der Waals surface area contributed by atoms with E-state index in [9.17, 15) is 4.79 Å². The van der Waals surface area contributed by atoms with E-state index < -0.39 is 0 Å². The maximum atomic E-state index is 12.3. The topological polar surface area (TPSA) is 56.8 Å². The Bertz CT molecular complexity index is 728. The molecule has 0 saturated carbocycles. The number of ether oxygens (including phenoxy) is 3. The lowest BCUT2D eigenvalue weighted by Crippen LogP contribution is -2.26. The van der Waals surface area contributed by atoms with Crippen molar-refractivity contribution < 1.29 is 19.0 Å². The molecule has 146 valence electrons. The van der Waals surface area contributed by atoms with Crippen molar-refractivity contribution in [2.45, 2.75) is 39.7 Å². The average molecular weight is 371 g/mol. The lowest BCUT2D eigenvalue weighted by molar-refractivity contribution is -0.121. The van der Waals surface area contributed by atoms with Crippen molar-refractivity contribution >= 4 is 5.91 Å². The predicted molar refractivity (Wildman–Crippen MR) is 107 cm³/mol. The Labute approximate surface area is 161 Å². The molecule has 1 amide bonds. The van der Waals surface area contributed by atoms with Gasteiger partial charge in [-0.05, 0) is 62.6 Å². The molecule has 0 radical (unpaired) electrons. The maximum absolute atomic E-state index is 12.3. The lowest BCUT2D eigenvalue weighted by Gasteiger charge is -2.17. The van der Waals surface area contributed by atoms with Crippen molar-refractivity contribution in [3.05, 3.63) is 53.6 Å². The van der Waals surface area contributed by atoms with E-state index >= 15 is 0 Å². The first kappa shape index (κ1) is 20.6. The molecule has 0 aliphatic carbocycles. The molecule has 0 aliphatic rings. The zero-order chi connectivity index (χ0) is 19.6. The summed E-state index contributed by atoms with van der Waals surface area (Å²) >= 11 is 0. The van der Waals surface area contributed by atoms with Crippen molar-refractivity contribution in [3.63, 3.8) is 0 Å². The predicted octanol–water partition coefficient (Wildman–Crippen LogP) is 4.30. The summed E-state index contributed by atoms with van der Waals surface area (Å²) < 4.78 is 16.4. The normalized spacial score (nSPS) is 11.6. The fourth-order valence-corrected chi connectivity index (χ4v) is 2.78. The average Bonchev–Trinajstić information content (AvgIpc) is 2.68.